The molecule has 0 radical (unpaired) electrons. The molecule has 0 bridgehead atoms. The molecule has 3 aromatic rings. The van der Waals surface area contributed by atoms with Gasteiger partial charge in [0, 0.05) is 36.6 Å². The number of benzene rings is 2. The van der Waals surface area contributed by atoms with E-state index in [2.05, 4.69) is 36.3 Å². The zero-order valence-electron chi connectivity index (χ0n) is 17.8. The minimum atomic E-state index is -0.243. The van der Waals surface area contributed by atoms with E-state index in [4.69, 9.17) is 0 Å². The van der Waals surface area contributed by atoms with Gasteiger partial charge < -0.3 is 10.2 Å². The second-order valence-corrected chi connectivity index (χ2v) is 8.36. The van der Waals surface area contributed by atoms with Crippen LogP contribution < -0.4 is 5.32 Å². The van der Waals surface area contributed by atoms with Gasteiger partial charge in [0.1, 0.15) is 10.7 Å². The number of aromatic nitrogens is 1. The van der Waals surface area contributed by atoms with Crippen molar-refractivity contribution in [2.75, 3.05) is 11.9 Å². The summed E-state index contributed by atoms with van der Waals surface area (Å²) in [6, 6.07) is 15.9. The molecule has 1 aromatic heterocycles. The van der Waals surface area contributed by atoms with E-state index in [1.807, 2.05) is 43.3 Å². The maximum Gasteiger partial charge on any atom is 0.275 e. The maximum atomic E-state index is 12.7. The van der Waals surface area contributed by atoms with Crippen molar-refractivity contribution in [2.45, 2.75) is 40.2 Å². The van der Waals surface area contributed by atoms with Crippen LogP contribution in [0.3, 0.4) is 0 Å². The molecule has 3 rings (SSSR count). The van der Waals surface area contributed by atoms with Crippen molar-refractivity contribution in [3.05, 3.63) is 70.7 Å². The lowest BCUT2D eigenvalue weighted by atomic mass is 10.0. The van der Waals surface area contributed by atoms with Crippen molar-refractivity contribution in [3.63, 3.8) is 0 Å². The Bertz CT molecular complexity index is 1020. The number of nitrogens with zero attached hydrogens (tertiary/aromatic N) is 2. The Morgan fingerprint density at radius 1 is 1.13 bits per heavy atom. The van der Waals surface area contributed by atoms with Gasteiger partial charge in [0.15, 0.2) is 0 Å². The Labute approximate surface area is 181 Å². The highest BCUT2D eigenvalue weighted by Crippen LogP contribution is 2.26. The largest absolute Gasteiger partial charge is 0.339 e. The van der Waals surface area contributed by atoms with Crippen LogP contribution in [0.4, 0.5) is 5.69 Å². The smallest absolute Gasteiger partial charge is 0.275 e. The third kappa shape index (κ3) is 5.33. The minimum Gasteiger partial charge on any atom is -0.339 e. The van der Waals surface area contributed by atoms with Crippen molar-refractivity contribution in [1.82, 2.24) is 9.88 Å². The van der Waals surface area contributed by atoms with Gasteiger partial charge in [-0.1, -0.05) is 50.2 Å². The zero-order valence-corrected chi connectivity index (χ0v) is 18.6. The molecule has 6 heteroatoms. The van der Waals surface area contributed by atoms with Crippen molar-refractivity contribution < 1.29 is 9.59 Å². The average molecular weight is 422 g/mol. The van der Waals surface area contributed by atoms with E-state index < -0.39 is 0 Å². The number of hydrogen-bond donors (Lipinski definition) is 1. The molecule has 1 heterocycles. The first kappa shape index (κ1) is 21.7. The standard InChI is InChI=1S/C24H27N3O2S/c1-5-27(17(4)28)14-18-7-6-8-21(13-18)25-23(29)22-15-30-24(26-22)20-11-9-19(10-12-20)16(2)3/h6-13,15-16H,5,14H2,1-4H3,(H,25,29). The van der Waals surface area contributed by atoms with Gasteiger partial charge in [0.05, 0.1) is 0 Å². The molecule has 0 unspecified atom stereocenters. The monoisotopic (exact) mass is 421 g/mol. The molecular formula is C24H27N3O2S. The number of rotatable bonds is 7. The summed E-state index contributed by atoms with van der Waals surface area (Å²) in [4.78, 5) is 30.6. The summed E-state index contributed by atoms with van der Waals surface area (Å²) in [5.41, 5.74) is 4.34. The highest BCUT2D eigenvalue weighted by molar-refractivity contribution is 7.13. The molecule has 0 aliphatic rings. The molecule has 0 fully saturated rings. The predicted molar refractivity (Wildman–Crippen MR) is 123 cm³/mol. The minimum absolute atomic E-state index is 0.0309. The quantitative estimate of drug-likeness (QED) is 0.544. The Hall–Kier alpha value is -2.99. The first-order valence-electron chi connectivity index (χ1n) is 10.1. The van der Waals surface area contributed by atoms with Crippen molar-refractivity contribution >= 4 is 28.8 Å². The average Bonchev–Trinajstić information content (AvgIpc) is 3.22. The summed E-state index contributed by atoms with van der Waals surface area (Å²) in [5, 5.41) is 5.51. The van der Waals surface area contributed by atoms with Crippen molar-refractivity contribution in [1.29, 1.82) is 0 Å². The lowest BCUT2D eigenvalue weighted by molar-refractivity contribution is -0.129. The fourth-order valence-electron chi connectivity index (χ4n) is 3.13. The van der Waals surface area contributed by atoms with Crippen LogP contribution >= 0.6 is 11.3 Å². The van der Waals surface area contributed by atoms with Crippen LogP contribution in [0, 0.1) is 0 Å². The Balaban J connectivity index is 1.70. The highest BCUT2D eigenvalue weighted by Gasteiger charge is 2.13. The summed E-state index contributed by atoms with van der Waals surface area (Å²) in [6.07, 6.45) is 0. The number of anilines is 1. The van der Waals surface area contributed by atoms with Gasteiger partial charge in [0.25, 0.3) is 5.91 Å². The SMILES string of the molecule is CCN(Cc1cccc(NC(=O)c2csc(-c3ccc(C(C)C)cc3)n2)c1)C(C)=O. The lowest BCUT2D eigenvalue weighted by Gasteiger charge is -2.19. The maximum absolute atomic E-state index is 12.7. The fraction of sp³-hybridized carbons (Fsp3) is 0.292. The third-order valence-corrected chi connectivity index (χ3v) is 5.84. The first-order valence-corrected chi connectivity index (χ1v) is 11.0. The predicted octanol–water partition coefficient (Wildman–Crippen LogP) is 5.55. The van der Waals surface area contributed by atoms with Crippen LogP contribution in [-0.2, 0) is 11.3 Å². The van der Waals surface area contributed by atoms with E-state index >= 15 is 0 Å². The number of carbonyl (C=O) groups excluding carboxylic acids is 2. The van der Waals surface area contributed by atoms with Crippen LogP contribution in [-0.4, -0.2) is 28.2 Å². The zero-order chi connectivity index (χ0) is 21.7. The molecule has 5 nitrogen and oxygen atoms in total. The second-order valence-electron chi connectivity index (χ2n) is 7.50. The van der Waals surface area contributed by atoms with Crippen LogP contribution in [0.5, 0.6) is 0 Å². The van der Waals surface area contributed by atoms with Crippen LogP contribution in [0.1, 0.15) is 55.2 Å². The van der Waals surface area contributed by atoms with Gasteiger partial charge in [-0.3, -0.25) is 9.59 Å². The van der Waals surface area contributed by atoms with Crippen molar-refractivity contribution in [3.8, 4) is 10.6 Å². The van der Waals surface area contributed by atoms with Gasteiger partial charge in [-0.2, -0.15) is 0 Å². The molecule has 0 aliphatic carbocycles. The molecule has 30 heavy (non-hydrogen) atoms. The second kappa shape index (κ2) is 9.67. The molecular weight excluding hydrogens is 394 g/mol. The van der Waals surface area contributed by atoms with Gasteiger partial charge >= 0.3 is 0 Å². The topological polar surface area (TPSA) is 62.3 Å². The van der Waals surface area contributed by atoms with E-state index in [9.17, 15) is 9.59 Å². The van der Waals surface area contributed by atoms with E-state index in [0.29, 0.717) is 30.4 Å². The van der Waals surface area contributed by atoms with Crippen LogP contribution in [0.2, 0.25) is 0 Å². The molecule has 0 saturated carbocycles. The number of carbonyl (C=O) groups is 2. The van der Waals surface area contributed by atoms with Crippen LogP contribution in [0.25, 0.3) is 10.6 Å². The van der Waals surface area contributed by atoms with Crippen molar-refractivity contribution in [2.24, 2.45) is 0 Å². The Kier molecular flexibility index (Phi) is 7.00. The summed E-state index contributed by atoms with van der Waals surface area (Å²) < 4.78 is 0. The highest BCUT2D eigenvalue weighted by atomic mass is 32.1. The molecule has 2 amide bonds. The number of nitrogens with one attached hydrogen (secondary N) is 1. The molecule has 0 spiro atoms. The number of hydrogen-bond acceptors (Lipinski definition) is 4. The third-order valence-electron chi connectivity index (χ3n) is 4.95. The number of thiazole rings is 1. The van der Waals surface area contributed by atoms with E-state index in [-0.39, 0.29) is 11.8 Å². The van der Waals surface area contributed by atoms with Gasteiger partial charge in [-0.05, 0) is 36.1 Å². The van der Waals surface area contributed by atoms with E-state index in [1.165, 1.54) is 16.9 Å². The summed E-state index contributed by atoms with van der Waals surface area (Å²) >= 11 is 1.46. The molecule has 0 aliphatic heterocycles. The fourth-order valence-corrected chi connectivity index (χ4v) is 3.94. The van der Waals surface area contributed by atoms with Gasteiger partial charge in [0.2, 0.25) is 5.91 Å². The summed E-state index contributed by atoms with van der Waals surface area (Å²) in [5.74, 6) is 0.267. The van der Waals surface area contributed by atoms with E-state index in [1.54, 1.807) is 17.2 Å². The normalized spacial score (nSPS) is 10.8. The number of amides is 2. The lowest BCUT2D eigenvalue weighted by Crippen LogP contribution is -2.27. The van der Waals surface area contributed by atoms with Gasteiger partial charge in [-0.25, -0.2) is 4.98 Å². The summed E-state index contributed by atoms with van der Waals surface area (Å²) in [7, 11) is 0. The molecule has 0 saturated heterocycles. The molecule has 2 aromatic carbocycles. The molecule has 0 atom stereocenters. The Morgan fingerprint density at radius 2 is 1.87 bits per heavy atom. The molecule has 156 valence electrons. The molecule has 1 N–H and O–H groups in total. The first-order chi connectivity index (χ1) is 14.4. The Morgan fingerprint density at radius 3 is 2.50 bits per heavy atom. The summed E-state index contributed by atoms with van der Waals surface area (Å²) in [6.45, 7) is 8.99. The van der Waals surface area contributed by atoms with Gasteiger partial charge in [-0.15, -0.1) is 11.3 Å². The van der Waals surface area contributed by atoms with E-state index in [0.717, 1.165) is 16.1 Å². The van der Waals surface area contributed by atoms with Crippen LogP contribution in [0.15, 0.2) is 53.9 Å².